The van der Waals surface area contributed by atoms with Crippen molar-refractivity contribution in [2.24, 2.45) is 0 Å². The highest BCUT2D eigenvalue weighted by Crippen LogP contribution is 2.27. The second kappa shape index (κ2) is 8.27. The van der Waals surface area contributed by atoms with E-state index in [9.17, 15) is 9.18 Å². The van der Waals surface area contributed by atoms with E-state index in [4.69, 9.17) is 4.74 Å². The van der Waals surface area contributed by atoms with Crippen molar-refractivity contribution in [3.05, 3.63) is 72.2 Å². The lowest BCUT2D eigenvalue weighted by molar-refractivity contribution is 0.102. The van der Waals surface area contributed by atoms with E-state index >= 15 is 0 Å². The summed E-state index contributed by atoms with van der Waals surface area (Å²) in [7, 11) is 0. The Balaban J connectivity index is 1.68. The van der Waals surface area contributed by atoms with Crippen LogP contribution in [-0.2, 0) is 0 Å². The predicted molar refractivity (Wildman–Crippen MR) is 102 cm³/mol. The molecular weight excluding hydrogens is 347 g/mol. The van der Waals surface area contributed by atoms with Crippen molar-refractivity contribution in [1.82, 2.24) is 10.2 Å². The zero-order valence-corrected chi connectivity index (χ0v) is 14.9. The van der Waals surface area contributed by atoms with Gasteiger partial charge in [0.15, 0.2) is 11.5 Å². The third kappa shape index (κ3) is 5.01. The molecule has 0 fully saturated rings. The van der Waals surface area contributed by atoms with Crippen LogP contribution in [0.1, 0.15) is 24.3 Å². The monoisotopic (exact) mass is 366 g/mol. The van der Waals surface area contributed by atoms with Crippen LogP contribution in [0, 0.1) is 5.82 Å². The minimum atomic E-state index is -0.427. The number of para-hydroxylation sites is 2. The molecule has 0 radical (unpaired) electrons. The molecule has 2 aromatic carbocycles. The number of benzene rings is 2. The average Bonchev–Trinajstić information content (AvgIpc) is 2.65. The van der Waals surface area contributed by atoms with Gasteiger partial charge in [-0.15, -0.1) is 10.2 Å². The van der Waals surface area contributed by atoms with Crippen LogP contribution in [0.3, 0.4) is 0 Å². The molecule has 0 saturated heterocycles. The summed E-state index contributed by atoms with van der Waals surface area (Å²) in [6, 6.07) is 16.2. The van der Waals surface area contributed by atoms with Gasteiger partial charge in [-0.05, 0) is 62.4 Å². The van der Waals surface area contributed by atoms with Crippen LogP contribution in [0.4, 0.5) is 21.6 Å². The van der Waals surface area contributed by atoms with E-state index in [1.165, 1.54) is 24.3 Å². The Morgan fingerprint density at radius 2 is 1.74 bits per heavy atom. The van der Waals surface area contributed by atoms with E-state index in [1.54, 1.807) is 12.1 Å². The van der Waals surface area contributed by atoms with Gasteiger partial charge in [-0.1, -0.05) is 12.1 Å². The lowest BCUT2D eigenvalue weighted by Crippen LogP contribution is -2.14. The predicted octanol–water partition coefficient (Wildman–Crippen LogP) is 4.40. The molecule has 2 N–H and O–H groups in total. The first-order valence-electron chi connectivity index (χ1n) is 8.44. The highest BCUT2D eigenvalue weighted by Gasteiger charge is 2.10. The first-order valence-corrected chi connectivity index (χ1v) is 8.44. The van der Waals surface area contributed by atoms with Crippen molar-refractivity contribution in [1.29, 1.82) is 0 Å². The molecular formula is C20H19FN4O2. The lowest BCUT2D eigenvalue weighted by atomic mass is 10.2. The van der Waals surface area contributed by atoms with Crippen molar-refractivity contribution in [2.45, 2.75) is 20.0 Å². The Hall–Kier alpha value is -3.48. The Labute approximate surface area is 156 Å². The number of nitrogens with zero attached hydrogens (tertiary/aromatic N) is 2. The second-order valence-electron chi connectivity index (χ2n) is 6.05. The molecule has 0 aliphatic heterocycles. The number of nitrogens with one attached hydrogen (secondary N) is 2. The Kier molecular flexibility index (Phi) is 5.61. The Morgan fingerprint density at radius 1 is 1.00 bits per heavy atom. The maximum Gasteiger partial charge on any atom is 0.276 e. The largest absolute Gasteiger partial charge is 0.489 e. The summed E-state index contributed by atoms with van der Waals surface area (Å²) in [5.74, 6) is 0.384. The van der Waals surface area contributed by atoms with E-state index < -0.39 is 5.91 Å². The van der Waals surface area contributed by atoms with Crippen LogP contribution in [-0.4, -0.2) is 22.2 Å². The molecule has 27 heavy (non-hydrogen) atoms. The molecule has 3 aromatic rings. The van der Waals surface area contributed by atoms with E-state index in [0.29, 0.717) is 17.3 Å². The molecule has 0 bridgehead atoms. The summed E-state index contributed by atoms with van der Waals surface area (Å²) in [5.41, 5.74) is 1.38. The summed E-state index contributed by atoms with van der Waals surface area (Å²) >= 11 is 0. The summed E-state index contributed by atoms with van der Waals surface area (Å²) in [6.45, 7) is 3.90. The number of rotatable bonds is 6. The number of hydrogen-bond acceptors (Lipinski definition) is 5. The van der Waals surface area contributed by atoms with E-state index in [1.807, 2.05) is 38.1 Å². The van der Waals surface area contributed by atoms with Crippen molar-refractivity contribution in [3.63, 3.8) is 0 Å². The van der Waals surface area contributed by atoms with Crippen LogP contribution in [0.5, 0.6) is 5.75 Å². The van der Waals surface area contributed by atoms with Crippen molar-refractivity contribution >= 4 is 23.1 Å². The fourth-order valence-corrected chi connectivity index (χ4v) is 2.31. The van der Waals surface area contributed by atoms with Gasteiger partial charge in [-0.25, -0.2) is 4.39 Å². The van der Waals surface area contributed by atoms with Gasteiger partial charge in [0, 0.05) is 5.69 Å². The summed E-state index contributed by atoms with van der Waals surface area (Å²) in [6.07, 6.45) is 0.0385. The number of carbonyl (C=O) groups excluding carboxylic acids is 1. The first-order chi connectivity index (χ1) is 13.0. The molecule has 6 nitrogen and oxygen atoms in total. The smallest absolute Gasteiger partial charge is 0.276 e. The molecule has 0 aliphatic rings. The van der Waals surface area contributed by atoms with Crippen LogP contribution >= 0.6 is 0 Å². The van der Waals surface area contributed by atoms with Gasteiger partial charge in [0.25, 0.3) is 5.91 Å². The zero-order chi connectivity index (χ0) is 19.2. The number of anilines is 3. The fraction of sp³-hybridized carbons (Fsp3) is 0.150. The van der Waals surface area contributed by atoms with E-state index in [-0.39, 0.29) is 17.6 Å². The van der Waals surface area contributed by atoms with Crippen LogP contribution in [0.25, 0.3) is 0 Å². The molecule has 1 heterocycles. The molecule has 138 valence electrons. The van der Waals surface area contributed by atoms with Gasteiger partial charge in [0.2, 0.25) is 0 Å². The molecule has 3 rings (SSSR count). The number of carbonyl (C=O) groups is 1. The highest BCUT2D eigenvalue weighted by atomic mass is 19.1. The van der Waals surface area contributed by atoms with Crippen molar-refractivity contribution in [2.75, 3.05) is 10.6 Å². The second-order valence-corrected chi connectivity index (χ2v) is 6.05. The van der Waals surface area contributed by atoms with Crippen LogP contribution < -0.4 is 15.4 Å². The molecule has 7 heteroatoms. The summed E-state index contributed by atoms with van der Waals surface area (Å²) in [4.78, 5) is 12.2. The van der Waals surface area contributed by atoms with Gasteiger partial charge in [0.05, 0.1) is 11.8 Å². The van der Waals surface area contributed by atoms with Gasteiger partial charge in [0.1, 0.15) is 11.6 Å². The molecule has 1 amide bonds. The number of hydrogen-bond donors (Lipinski definition) is 2. The fourth-order valence-electron chi connectivity index (χ4n) is 2.31. The number of amides is 1. The first kappa shape index (κ1) is 18.3. The number of ether oxygens (including phenoxy) is 1. The molecule has 1 aromatic heterocycles. The van der Waals surface area contributed by atoms with Gasteiger partial charge >= 0.3 is 0 Å². The van der Waals surface area contributed by atoms with Crippen LogP contribution in [0.2, 0.25) is 0 Å². The number of aromatic nitrogens is 2. The van der Waals surface area contributed by atoms with Gasteiger partial charge in [-0.3, -0.25) is 4.79 Å². The normalized spacial score (nSPS) is 10.5. The number of halogens is 1. The SMILES string of the molecule is CC(C)Oc1ccccc1Nc1ccc(C(=O)Nc2ccc(F)cc2)nn1. The maximum atomic E-state index is 12.9. The zero-order valence-electron chi connectivity index (χ0n) is 14.9. The summed E-state index contributed by atoms with van der Waals surface area (Å²) in [5, 5.41) is 13.7. The topological polar surface area (TPSA) is 76.1 Å². The maximum absolute atomic E-state index is 12.9. The molecule has 0 unspecified atom stereocenters. The van der Waals surface area contributed by atoms with Gasteiger partial charge < -0.3 is 15.4 Å². The molecule has 0 saturated carbocycles. The quantitative estimate of drug-likeness (QED) is 0.676. The minimum absolute atomic E-state index is 0.0385. The Morgan fingerprint density at radius 3 is 2.41 bits per heavy atom. The van der Waals surface area contributed by atoms with Gasteiger partial charge in [-0.2, -0.15) is 0 Å². The lowest BCUT2D eigenvalue weighted by Gasteiger charge is -2.14. The Bertz CT molecular complexity index is 912. The summed E-state index contributed by atoms with van der Waals surface area (Å²) < 4.78 is 18.7. The highest BCUT2D eigenvalue weighted by molar-refractivity contribution is 6.02. The van der Waals surface area contributed by atoms with Crippen LogP contribution in [0.15, 0.2) is 60.7 Å². The molecule has 0 spiro atoms. The molecule has 0 atom stereocenters. The van der Waals surface area contributed by atoms with Crippen molar-refractivity contribution < 1.29 is 13.9 Å². The van der Waals surface area contributed by atoms with Crippen molar-refractivity contribution in [3.8, 4) is 5.75 Å². The average molecular weight is 366 g/mol. The standard InChI is InChI=1S/C20H19FN4O2/c1-13(2)27-18-6-4-3-5-16(18)23-19-12-11-17(24-25-19)20(26)22-15-9-7-14(21)8-10-15/h3-13H,1-2H3,(H,22,26)(H,23,25). The minimum Gasteiger partial charge on any atom is -0.489 e. The third-order valence-electron chi connectivity index (χ3n) is 3.51. The third-order valence-corrected chi connectivity index (χ3v) is 3.51. The molecule has 0 aliphatic carbocycles. The van der Waals surface area contributed by atoms with E-state index in [0.717, 1.165) is 5.69 Å². The van der Waals surface area contributed by atoms with E-state index in [2.05, 4.69) is 20.8 Å².